The molecule has 0 aliphatic heterocycles. The summed E-state index contributed by atoms with van der Waals surface area (Å²) >= 11 is 0. The highest BCUT2D eigenvalue weighted by Crippen LogP contribution is 2.19. The molecule has 1 rings (SSSR count). The Kier molecular flexibility index (Phi) is 3.35. The molecule has 0 aromatic carbocycles. The maximum atomic E-state index is 12.5. The van der Waals surface area contributed by atoms with E-state index in [1.54, 1.807) is 6.92 Å². The predicted octanol–water partition coefficient (Wildman–Crippen LogP) is 0.996. The van der Waals surface area contributed by atoms with Crippen LogP contribution in [0.1, 0.15) is 25.6 Å². The monoisotopic (exact) mass is 234 g/mol. The Morgan fingerprint density at radius 2 is 1.80 bits per heavy atom. The smallest absolute Gasteiger partial charge is 0.268 e. The summed E-state index contributed by atoms with van der Waals surface area (Å²) in [5.74, 6) is -1.01. The van der Waals surface area contributed by atoms with E-state index in [0.29, 0.717) is 0 Å². The van der Waals surface area contributed by atoms with Gasteiger partial charge in [-0.05, 0) is 6.92 Å². The van der Waals surface area contributed by atoms with Gasteiger partial charge in [-0.2, -0.15) is 8.42 Å². The van der Waals surface area contributed by atoms with E-state index in [1.165, 1.54) is 6.92 Å². The number of hydrogen-bond donors (Lipinski definition) is 1. The lowest BCUT2D eigenvalue weighted by Gasteiger charge is -2.15. The van der Waals surface area contributed by atoms with Crippen LogP contribution in [0.25, 0.3) is 0 Å². The van der Waals surface area contributed by atoms with Crippen LogP contribution in [0.3, 0.4) is 0 Å². The van der Waals surface area contributed by atoms with Crippen molar-refractivity contribution in [3.63, 3.8) is 0 Å². The minimum atomic E-state index is -4.13. The van der Waals surface area contributed by atoms with Gasteiger partial charge in [0.1, 0.15) is 5.82 Å². The van der Waals surface area contributed by atoms with E-state index in [9.17, 15) is 12.8 Å². The van der Waals surface area contributed by atoms with E-state index in [1.807, 2.05) is 0 Å². The summed E-state index contributed by atoms with van der Waals surface area (Å²) in [6.45, 7) is 2.89. The molecular weight excluding hydrogens is 223 g/mol. The molecule has 0 fully saturated rings. The Morgan fingerprint density at radius 1 is 1.33 bits per heavy atom. The zero-order chi connectivity index (χ0) is 11.6. The van der Waals surface area contributed by atoms with Crippen molar-refractivity contribution in [3.05, 3.63) is 24.0 Å². The maximum Gasteiger partial charge on any atom is 0.268 e. The van der Waals surface area contributed by atoms with Crippen molar-refractivity contribution in [2.75, 3.05) is 0 Å². The highest BCUT2D eigenvalue weighted by Gasteiger charge is 2.27. The normalized spacial score (nSPS) is 16.0. The van der Waals surface area contributed by atoms with Gasteiger partial charge >= 0.3 is 0 Å². The predicted molar refractivity (Wildman–Crippen MR) is 51.4 cm³/mol. The zero-order valence-corrected chi connectivity index (χ0v) is 9.07. The van der Waals surface area contributed by atoms with Crippen molar-refractivity contribution < 1.29 is 17.4 Å². The Bertz CT molecular complexity index is 432. The van der Waals surface area contributed by atoms with Crippen molar-refractivity contribution in [3.8, 4) is 0 Å². The Morgan fingerprint density at radius 3 is 2.20 bits per heavy atom. The molecule has 0 unspecified atom stereocenters. The van der Waals surface area contributed by atoms with Gasteiger partial charge in [0.25, 0.3) is 10.1 Å². The van der Waals surface area contributed by atoms with Gasteiger partial charge in [-0.3, -0.25) is 4.55 Å². The van der Waals surface area contributed by atoms with E-state index >= 15 is 0 Å². The van der Waals surface area contributed by atoms with E-state index in [4.69, 9.17) is 4.55 Å². The third-order valence-corrected chi connectivity index (χ3v) is 3.57. The molecule has 0 aliphatic carbocycles. The van der Waals surface area contributed by atoms with Crippen molar-refractivity contribution in [1.82, 2.24) is 9.97 Å². The fourth-order valence-electron chi connectivity index (χ4n) is 1.03. The number of rotatable bonds is 3. The molecule has 84 valence electrons. The van der Waals surface area contributed by atoms with Gasteiger partial charge in [0.15, 0.2) is 5.82 Å². The zero-order valence-electron chi connectivity index (χ0n) is 8.25. The number of hydrogen-bond acceptors (Lipinski definition) is 4. The van der Waals surface area contributed by atoms with Crippen LogP contribution in [0, 0.1) is 5.82 Å². The second-order valence-corrected chi connectivity index (χ2v) is 5.04. The lowest BCUT2D eigenvalue weighted by Crippen LogP contribution is -2.24. The third kappa shape index (κ3) is 2.93. The summed E-state index contributed by atoms with van der Waals surface area (Å²) in [6, 6.07) is 0. The highest BCUT2D eigenvalue weighted by molar-refractivity contribution is 7.86. The molecule has 0 bridgehead atoms. The lowest BCUT2D eigenvalue weighted by molar-refractivity contribution is 0.458. The van der Waals surface area contributed by atoms with E-state index < -0.39 is 27.1 Å². The second kappa shape index (κ2) is 4.19. The largest absolute Gasteiger partial charge is 0.285 e. The molecule has 7 heteroatoms. The van der Waals surface area contributed by atoms with Crippen molar-refractivity contribution >= 4 is 10.1 Å². The molecule has 1 heterocycles. The summed E-state index contributed by atoms with van der Waals surface area (Å²) in [6.07, 6.45) is 1.91. The van der Waals surface area contributed by atoms with Gasteiger partial charge in [-0.15, -0.1) is 0 Å². The van der Waals surface area contributed by atoms with Crippen LogP contribution in [0.2, 0.25) is 0 Å². The summed E-state index contributed by atoms with van der Waals surface area (Å²) in [4.78, 5) is 7.30. The minimum Gasteiger partial charge on any atom is -0.285 e. The molecule has 0 radical (unpaired) electrons. The van der Waals surface area contributed by atoms with Crippen LogP contribution < -0.4 is 0 Å². The first-order valence-electron chi connectivity index (χ1n) is 4.26. The van der Waals surface area contributed by atoms with Gasteiger partial charge in [0.05, 0.1) is 17.6 Å². The molecule has 0 saturated carbocycles. The van der Waals surface area contributed by atoms with E-state index in [2.05, 4.69) is 9.97 Å². The first-order chi connectivity index (χ1) is 6.82. The third-order valence-electron chi connectivity index (χ3n) is 2.22. The second-order valence-electron chi connectivity index (χ2n) is 3.27. The Hall–Kier alpha value is -1.08. The molecule has 1 N–H and O–H groups in total. The molecule has 0 amide bonds. The van der Waals surface area contributed by atoms with Gasteiger partial charge in [0, 0.05) is 5.92 Å². The van der Waals surface area contributed by atoms with Crippen LogP contribution in [0.5, 0.6) is 0 Å². The topological polar surface area (TPSA) is 80.2 Å². The Balaban J connectivity index is 2.95. The summed E-state index contributed by atoms with van der Waals surface area (Å²) < 4.78 is 43.0. The SMILES string of the molecule is C[C@@H](c1ncc(F)cn1)[C@H](C)S(=O)(=O)O. The fourth-order valence-corrected chi connectivity index (χ4v) is 1.66. The van der Waals surface area contributed by atoms with Crippen LogP contribution in [0.4, 0.5) is 4.39 Å². The van der Waals surface area contributed by atoms with E-state index in [-0.39, 0.29) is 5.82 Å². The van der Waals surface area contributed by atoms with Crippen LogP contribution >= 0.6 is 0 Å². The Labute approximate surface area is 87.1 Å². The van der Waals surface area contributed by atoms with Gasteiger partial charge in [0.2, 0.25) is 0 Å². The molecule has 5 nitrogen and oxygen atoms in total. The van der Waals surface area contributed by atoms with Crippen LogP contribution in [0.15, 0.2) is 12.4 Å². The average Bonchev–Trinajstić information content (AvgIpc) is 2.15. The molecular formula is C8H11FN2O3S. The molecule has 0 spiro atoms. The maximum absolute atomic E-state index is 12.5. The first-order valence-corrected chi connectivity index (χ1v) is 5.76. The number of nitrogens with zero attached hydrogens (tertiary/aromatic N) is 2. The summed E-state index contributed by atoms with van der Waals surface area (Å²) in [5.41, 5.74) is 0. The average molecular weight is 234 g/mol. The van der Waals surface area contributed by atoms with Crippen LogP contribution in [-0.4, -0.2) is 28.2 Å². The number of halogens is 1. The van der Waals surface area contributed by atoms with Gasteiger partial charge < -0.3 is 0 Å². The molecule has 2 atom stereocenters. The lowest BCUT2D eigenvalue weighted by atomic mass is 10.1. The molecule has 0 saturated heterocycles. The molecule has 0 aliphatic rings. The fraction of sp³-hybridized carbons (Fsp3) is 0.500. The van der Waals surface area contributed by atoms with Gasteiger partial charge in [-0.1, -0.05) is 6.92 Å². The van der Waals surface area contributed by atoms with Gasteiger partial charge in [-0.25, -0.2) is 14.4 Å². The highest BCUT2D eigenvalue weighted by atomic mass is 32.2. The van der Waals surface area contributed by atoms with Crippen molar-refractivity contribution in [2.24, 2.45) is 0 Å². The summed E-state index contributed by atoms with van der Waals surface area (Å²) in [5, 5.41) is -1.03. The molecule has 15 heavy (non-hydrogen) atoms. The van der Waals surface area contributed by atoms with E-state index in [0.717, 1.165) is 12.4 Å². The minimum absolute atomic E-state index is 0.182. The summed E-state index contributed by atoms with van der Waals surface area (Å²) in [7, 11) is -4.13. The number of aromatic nitrogens is 2. The van der Waals surface area contributed by atoms with Crippen molar-refractivity contribution in [1.29, 1.82) is 0 Å². The quantitative estimate of drug-likeness (QED) is 0.789. The standard InChI is InChI=1S/C8H11FN2O3S/c1-5(6(2)15(12,13)14)8-10-3-7(9)4-11-8/h3-6H,1-2H3,(H,12,13,14)/t5-,6+/m1/s1. The van der Waals surface area contributed by atoms with Crippen molar-refractivity contribution in [2.45, 2.75) is 25.0 Å². The van der Waals surface area contributed by atoms with Crippen LogP contribution in [-0.2, 0) is 10.1 Å². The molecule has 1 aromatic rings. The first kappa shape index (κ1) is 12.0. The molecule has 1 aromatic heterocycles.